The predicted octanol–water partition coefficient (Wildman–Crippen LogP) is 4.87. The molecule has 0 unspecified atom stereocenters. The molecule has 1 aromatic carbocycles. The Hall–Kier alpha value is -1.85. The van der Waals surface area contributed by atoms with E-state index in [1.165, 1.54) is 24.6 Å². The van der Waals surface area contributed by atoms with Gasteiger partial charge in [0.15, 0.2) is 5.16 Å². The fourth-order valence-electron chi connectivity index (χ4n) is 3.71. The fourth-order valence-corrected chi connectivity index (χ4v) is 4.17. The summed E-state index contributed by atoms with van der Waals surface area (Å²) in [6.07, 6.45) is 8.79. The molecule has 2 aromatic heterocycles. The molecule has 1 saturated carbocycles. The Bertz CT molecular complexity index is 994. The molecule has 0 spiro atoms. The molecule has 0 atom stereocenters. The van der Waals surface area contributed by atoms with Crippen LogP contribution < -0.4 is 5.56 Å². The normalized spacial score (nSPS) is 15.0. The third-order valence-electron chi connectivity index (χ3n) is 5.01. The van der Waals surface area contributed by atoms with Crippen LogP contribution in [-0.4, -0.2) is 20.8 Å². The summed E-state index contributed by atoms with van der Waals surface area (Å²) in [4.78, 5) is 22.4. The highest BCUT2D eigenvalue weighted by atomic mass is 35.5. The summed E-state index contributed by atoms with van der Waals surface area (Å²) in [7, 11) is 0. The zero-order chi connectivity index (χ0) is 18.1. The first kappa shape index (κ1) is 17.6. The minimum atomic E-state index is 0.0742. The third-order valence-corrected chi connectivity index (χ3v) is 5.82. The minimum Gasteiger partial charge on any atom is -0.289 e. The molecule has 4 nitrogen and oxygen atoms in total. The van der Waals surface area contributed by atoms with Crippen molar-refractivity contribution in [1.82, 2.24) is 14.5 Å². The van der Waals surface area contributed by atoms with Crippen molar-refractivity contribution >= 4 is 34.4 Å². The van der Waals surface area contributed by atoms with E-state index in [0.29, 0.717) is 16.6 Å². The van der Waals surface area contributed by atoms with Gasteiger partial charge in [0, 0.05) is 34.6 Å². The first-order valence-corrected chi connectivity index (χ1v) is 10.5. The molecule has 0 bridgehead atoms. The number of fused-ring (bicyclic) bond motifs is 1. The van der Waals surface area contributed by atoms with Gasteiger partial charge in [0.25, 0.3) is 5.56 Å². The summed E-state index contributed by atoms with van der Waals surface area (Å²) in [5, 5.41) is 2.33. The summed E-state index contributed by atoms with van der Waals surface area (Å²) in [6.45, 7) is 0. The lowest BCUT2D eigenvalue weighted by Gasteiger charge is -2.18. The van der Waals surface area contributed by atoms with Gasteiger partial charge in [-0.05, 0) is 42.9 Å². The Morgan fingerprint density at radius 3 is 2.65 bits per heavy atom. The van der Waals surface area contributed by atoms with Crippen molar-refractivity contribution in [3.63, 3.8) is 0 Å². The summed E-state index contributed by atoms with van der Waals surface area (Å²) in [5.41, 5.74) is 2.70. The third kappa shape index (κ3) is 3.38. The van der Waals surface area contributed by atoms with Gasteiger partial charge in [-0.15, -0.1) is 0 Å². The number of hydrogen-bond acceptors (Lipinski definition) is 4. The van der Waals surface area contributed by atoms with Crippen molar-refractivity contribution in [2.24, 2.45) is 0 Å². The molecule has 0 aliphatic heterocycles. The predicted molar refractivity (Wildman–Crippen MR) is 107 cm³/mol. The van der Waals surface area contributed by atoms with E-state index in [4.69, 9.17) is 11.6 Å². The summed E-state index contributed by atoms with van der Waals surface area (Å²) < 4.78 is 1.93. The molecule has 1 aliphatic carbocycles. The lowest BCUT2D eigenvalue weighted by Crippen LogP contribution is -2.28. The minimum absolute atomic E-state index is 0.0742. The van der Waals surface area contributed by atoms with Gasteiger partial charge in [0.05, 0.1) is 0 Å². The van der Waals surface area contributed by atoms with E-state index in [-0.39, 0.29) is 11.6 Å². The fraction of sp³-hybridized carbons (Fsp3) is 0.350. The van der Waals surface area contributed by atoms with Crippen molar-refractivity contribution in [3.05, 3.63) is 63.0 Å². The number of benzene rings is 1. The number of halogens is 1. The van der Waals surface area contributed by atoms with Crippen LogP contribution in [0.1, 0.15) is 42.9 Å². The van der Waals surface area contributed by atoms with E-state index >= 15 is 0 Å². The monoisotopic (exact) mass is 385 g/mol. The number of thioether (sulfide) groups is 1. The Morgan fingerprint density at radius 1 is 1.23 bits per heavy atom. The number of pyridine rings is 1. The van der Waals surface area contributed by atoms with E-state index < -0.39 is 0 Å². The number of aromatic nitrogens is 3. The molecule has 1 fully saturated rings. The molecule has 0 radical (unpaired) electrons. The maximum absolute atomic E-state index is 13.3. The second-order valence-electron chi connectivity index (χ2n) is 6.72. The highest BCUT2D eigenvalue weighted by molar-refractivity contribution is 7.98. The smallest absolute Gasteiger partial charge is 0.256 e. The number of hydrogen-bond donors (Lipinski definition) is 0. The van der Waals surface area contributed by atoms with Crippen LogP contribution in [0.2, 0.25) is 5.02 Å². The molecule has 6 heteroatoms. The van der Waals surface area contributed by atoms with Gasteiger partial charge >= 0.3 is 0 Å². The van der Waals surface area contributed by atoms with E-state index in [0.717, 1.165) is 35.0 Å². The summed E-state index contributed by atoms with van der Waals surface area (Å²) in [6, 6.07) is 9.85. The Labute approximate surface area is 161 Å². The molecule has 3 aromatic rings. The zero-order valence-corrected chi connectivity index (χ0v) is 16.2. The molecule has 0 N–H and O–H groups in total. The van der Waals surface area contributed by atoms with Gasteiger partial charge in [0.2, 0.25) is 0 Å². The first-order valence-electron chi connectivity index (χ1n) is 8.85. The largest absolute Gasteiger partial charge is 0.289 e. The summed E-state index contributed by atoms with van der Waals surface area (Å²) >= 11 is 7.48. The second-order valence-corrected chi connectivity index (χ2v) is 7.93. The Morgan fingerprint density at radius 2 is 1.96 bits per heavy atom. The highest BCUT2D eigenvalue weighted by Gasteiger charge is 2.22. The van der Waals surface area contributed by atoms with Crippen LogP contribution in [0.4, 0.5) is 0 Å². The van der Waals surface area contributed by atoms with Crippen LogP contribution >= 0.6 is 23.4 Å². The van der Waals surface area contributed by atoms with Crippen molar-refractivity contribution in [3.8, 4) is 0 Å². The van der Waals surface area contributed by atoms with E-state index in [2.05, 4.69) is 9.97 Å². The maximum atomic E-state index is 13.3. The summed E-state index contributed by atoms with van der Waals surface area (Å²) in [5.74, 6) is 0. The second kappa shape index (κ2) is 7.41. The topological polar surface area (TPSA) is 47.8 Å². The van der Waals surface area contributed by atoms with Gasteiger partial charge in [0.1, 0.15) is 5.65 Å². The van der Waals surface area contributed by atoms with Crippen molar-refractivity contribution in [1.29, 1.82) is 0 Å². The van der Waals surface area contributed by atoms with Crippen LogP contribution in [0.3, 0.4) is 0 Å². The van der Waals surface area contributed by atoms with Gasteiger partial charge in [-0.3, -0.25) is 9.36 Å². The lowest BCUT2D eigenvalue weighted by atomic mass is 10.0. The molecule has 0 saturated heterocycles. The van der Waals surface area contributed by atoms with E-state index in [9.17, 15) is 4.79 Å². The van der Waals surface area contributed by atoms with Gasteiger partial charge in [-0.25, -0.2) is 9.97 Å². The van der Waals surface area contributed by atoms with E-state index in [1.807, 2.05) is 47.4 Å². The molecule has 134 valence electrons. The highest BCUT2D eigenvalue weighted by Crippen LogP contribution is 2.31. The molecule has 1 aliphatic rings. The van der Waals surface area contributed by atoms with Crippen LogP contribution in [0.15, 0.2) is 46.5 Å². The van der Waals surface area contributed by atoms with Crippen molar-refractivity contribution in [2.45, 2.75) is 43.3 Å². The standard InChI is InChI=1S/C20H20ClN3OS/c1-26-20-22-12-15-11-14(10-13-6-8-16(21)9-7-13)19(25)24(18(15)23-20)17-4-2-3-5-17/h6-9,11-12,17H,2-5,10H2,1H3. The van der Waals surface area contributed by atoms with Gasteiger partial charge in [-0.2, -0.15) is 0 Å². The first-order chi connectivity index (χ1) is 12.7. The van der Waals surface area contributed by atoms with Crippen molar-refractivity contribution < 1.29 is 0 Å². The quantitative estimate of drug-likeness (QED) is 0.474. The zero-order valence-electron chi connectivity index (χ0n) is 14.6. The van der Waals surface area contributed by atoms with Crippen LogP contribution in [0, 0.1) is 0 Å². The maximum Gasteiger partial charge on any atom is 0.256 e. The van der Waals surface area contributed by atoms with E-state index in [1.54, 1.807) is 0 Å². The van der Waals surface area contributed by atoms with Crippen LogP contribution in [0.25, 0.3) is 11.0 Å². The average molecular weight is 386 g/mol. The van der Waals surface area contributed by atoms with Gasteiger partial charge in [-0.1, -0.05) is 48.3 Å². The molecule has 2 heterocycles. The molecule has 26 heavy (non-hydrogen) atoms. The molecular weight excluding hydrogens is 366 g/mol. The molecule has 0 amide bonds. The SMILES string of the molecule is CSc1ncc2cc(Cc3ccc(Cl)cc3)c(=O)n(C3CCCC3)c2n1. The molecular formula is C20H20ClN3OS. The number of nitrogens with zero attached hydrogens (tertiary/aromatic N) is 3. The average Bonchev–Trinajstić information content (AvgIpc) is 3.18. The van der Waals surface area contributed by atoms with Crippen molar-refractivity contribution in [2.75, 3.05) is 6.26 Å². The molecule has 4 rings (SSSR count). The van der Waals surface area contributed by atoms with Gasteiger partial charge < -0.3 is 0 Å². The Kier molecular flexibility index (Phi) is 5.00. The van der Waals surface area contributed by atoms with Crippen LogP contribution in [-0.2, 0) is 6.42 Å². The van der Waals surface area contributed by atoms with Crippen LogP contribution in [0.5, 0.6) is 0 Å². The lowest BCUT2D eigenvalue weighted by molar-refractivity contribution is 0.512. The number of rotatable bonds is 4. The Balaban J connectivity index is 1.87.